The number of nitrogens with zero attached hydrogens (tertiary/aromatic N) is 1. The Bertz CT molecular complexity index is 856. The van der Waals surface area contributed by atoms with Crippen LogP contribution < -0.4 is 4.72 Å². The van der Waals surface area contributed by atoms with Crippen LogP contribution in [0.15, 0.2) is 71.7 Å². The Hall–Kier alpha value is -1.80. The molecular weight excluding hydrogens is 488 g/mol. The van der Waals surface area contributed by atoms with Crippen molar-refractivity contribution in [1.82, 2.24) is 9.62 Å². The molecule has 2 aromatic rings. The molecule has 5 nitrogen and oxygen atoms in total. The van der Waals surface area contributed by atoms with E-state index in [-0.39, 0.29) is 24.8 Å². The largest absolute Gasteiger partial charge is 0.598 e. The number of ether oxygens (including phenoxy) is 1. The summed E-state index contributed by atoms with van der Waals surface area (Å²) in [5, 5.41) is 0. The SMILES string of the molecule is C=C[C@H](C[C@H](C)N(Cc1ccc(Br)cc1)C(=O)OCc1ccccc1)N[S+]([O-])C(C)(C)C. The van der Waals surface area contributed by atoms with Gasteiger partial charge in [-0.05, 0) is 57.4 Å². The van der Waals surface area contributed by atoms with Crippen LogP contribution in [0.2, 0.25) is 0 Å². The van der Waals surface area contributed by atoms with E-state index in [0.717, 1.165) is 15.6 Å². The molecule has 2 rings (SSSR count). The molecule has 0 saturated carbocycles. The molecule has 0 heterocycles. The first kappa shape index (κ1) is 26.5. The molecule has 1 amide bonds. The first-order valence-corrected chi connectivity index (χ1v) is 12.6. The second-order valence-corrected chi connectivity index (χ2v) is 11.6. The van der Waals surface area contributed by atoms with Gasteiger partial charge in [0.1, 0.15) is 11.4 Å². The van der Waals surface area contributed by atoms with Gasteiger partial charge in [-0.1, -0.05) is 64.5 Å². The van der Waals surface area contributed by atoms with Crippen molar-refractivity contribution in [3.8, 4) is 0 Å². The Labute approximate surface area is 203 Å². The summed E-state index contributed by atoms with van der Waals surface area (Å²) in [7, 11) is 0. The molecule has 1 unspecified atom stereocenters. The molecule has 32 heavy (non-hydrogen) atoms. The molecule has 0 fully saturated rings. The summed E-state index contributed by atoms with van der Waals surface area (Å²) >= 11 is 2.21. The molecule has 0 aromatic heterocycles. The number of rotatable bonds is 10. The number of halogens is 1. The van der Waals surface area contributed by atoms with Gasteiger partial charge < -0.3 is 14.2 Å². The van der Waals surface area contributed by atoms with Gasteiger partial charge >= 0.3 is 6.09 Å². The van der Waals surface area contributed by atoms with E-state index in [1.807, 2.05) is 82.3 Å². The monoisotopic (exact) mass is 520 g/mol. The van der Waals surface area contributed by atoms with Crippen LogP contribution in [0, 0.1) is 0 Å². The average Bonchev–Trinajstić information content (AvgIpc) is 2.76. The van der Waals surface area contributed by atoms with Crippen molar-refractivity contribution < 1.29 is 14.1 Å². The van der Waals surface area contributed by atoms with Crippen molar-refractivity contribution in [2.45, 2.75) is 64.1 Å². The van der Waals surface area contributed by atoms with Gasteiger partial charge in [0.2, 0.25) is 0 Å². The molecule has 0 aliphatic rings. The summed E-state index contributed by atoms with van der Waals surface area (Å²) in [5.41, 5.74) is 1.93. The van der Waals surface area contributed by atoms with E-state index in [4.69, 9.17) is 4.74 Å². The van der Waals surface area contributed by atoms with Gasteiger partial charge in [0, 0.05) is 28.4 Å². The number of hydrogen-bond acceptors (Lipinski definition) is 4. The van der Waals surface area contributed by atoms with Crippen molar-refractivity contribution in [3.63, 3.8) is 0 Å². The Balaban J connectivity index is 2.12. The molecule has 0 bridgehead atoms. The van der Waals surface area contributed by atoms with Crippen molar-refractivity contribution in [2.75, 3.05) is 0 Å². The number of nitrogens with one attached hydrogen (secondary N) is 1. The highest BCUT2D eigenvalue weighted by Gasteiger charge is 2.30. The highest BCUT2D eigenvalue weighted by Crippen LogP contribution is 2.20. The summed E-state index contributed by atoms with van der Waals surface area (Å²) < 4.78 is 21.9. The second-order valence-electron chi connectivity index (χ2n) is 8.72. The van der Waals surface area contributed by atoms with E-state index in [2.05, 4.69) is 27.2 Å². The maximum atomic E-state index is 13.1. The Morgan fingerprint density at radius 2 is 1.81 bits per heavy atom. The van der Waals surface area contributed by atoms with E-state index in [1.54, 1.807) is 11.0 Å². The minimum Gasteiger partial charge on any atom is -0.598 e. The zero-order valence-electron chi connectivity index (χ0n) is 19.2. The fourth-order valence-corrected chi connectivity index (χ4v) is 4.08. The van der Waals surface area contributed by atoms with Crippen LogP contribution in [-0.4, -0.2) is 32.4 Å². The highest BCUT2D eigenvalue weighted by molar-refractivity contribution is 9.10. The number of carbonyl (C=O) groups is 1. The Morgan fingerprint density at radius 1 is 1.19 bits per heavy atom. The third-order valence-electron chi connectivity index (χ3n) is 4.93. The van der Waals surface area contributed by atoms with E-state index in [1.165, 1.54) is 0 Å². The highest BCUT2D eigenvalue weighted by atomic mass is 79.9. The van der Waals surface area contributed by atoms with Crippen LogP contribution in [0.3, 0.4) is 0 Å². The van der Waals surface area contributed by atoms with E-state index < -0.39 is 16.1 Å². The standard InChI is InChI=1S/C25H33BrN2O3S/c1-6-23(27-32(30)25(3,4)5)16-19(2)28(17-20-12-14-22(26)15-13-20)24(29)31-18-21-10-8-7-9-11-21/h6-15,19,23,27H,1,16-18H2,2-5H3/t19-,23+,32?/m0/s1. The van der Waals surface area contributed by atoms with Gasteiger partial charge in [-0.25, -0.2) is 4.79 Å². The molecule has 0 radical (unpaired) electrons. The minimum atomic E-state index is -1.24. The number of carbonyl (C=O) groups excluding carboxylic acids is 1. The van der Waals surface area contributed by atoms with Crippen LogP contribution in [-0.2, 0) is 29.3 Å². The predicted molar refractivity (Wildman–Crippen MR) is 135 cm³/mol. The van der Waals surface area contributed by atoms with Crippen molar-refractivity contribution in [1.29, 1.82) is 0 Å². The molecule has 3 atom stereocenters. The third kappa shape index (κ3) is 8.62. The van der Waals surface area contributed by atoms with Crippen molar-refractivity contribution in [3.05, 3.63) is 82.9 Å². The maximum Gasteiger partial charge on any atom is 0.410 e. The molecule has 7 heteroatoms. The van der Waals surface area contributed by atoms with Crippen LogP contribution in [0.4, 0.5) is 4.79 Å². The number of hydrogen-bond donors (Lipinski definition) is 1. The fraction of sp³-hybridized carbons (Fsp3) is 0.400. The number of benzene rings is 2. The lowest BCUT2D eigenvalue weighted by Gasteiger charge is -2.32. The second kappa shape index (κ2) is 12.4. The van der Waals surface area contributed by atoms with Crippen LogP contribution >= 0.6 is 15.9 Å². The van der Waals surface area contributed by atoms with E-state index in [0.29, 0.717) is 13.0 Å². The Kier molecular flexibility index (Phi) is 10.3. The molecule has 1 N–H and O–H groups in total. The van der Waals surface area contributed by atoms with Gasteiger partial charge in [-0.3, -0.25) is 0 Å². The molecule has 0 aliphatic carbocycles. The summed E-state index contributed by atoms with van der Waals surface area (Å²) in [5.74, 6) is 0. The molecule has 0 saturated heterocycles. The third-order valence-corrected chi connectivity index (χ3v) is 7.09. The molecule has 174 valence electrons. The summed E-state index contributed by atoms with van der Waals surface area (Å²) in [6, 6.07) is 17.1. The lowest BCUT2D eigenvalue weighted by molar-refractivity contribution is 0.0775. The quantitative estimate of drug-likeness (QED) is 0.309. The van der Waals surface area contributed by atoms with E-state index >= 15 is 0 Å². The maximum absolute atomic E-state index is 13.1. The van der Waals surface area contributed by atoms with Gasteiger partial charge in [-0.15, -0.1) is 11.3 Å². The van der Waals surface area contributed by atoms with Crippen LogP contribution in [0.5, 0.6) is 0 Å². The molecular formula is C25H33BrN2O3S. The smallest absolute Gasteiger partial charge is 0.410 e. The predicted octanol–water partition coefficient (Wildman–Crippen LogP) is 5.97. The lowest BCUT2D eigenvalue weighted by Crippen LogP contribution is -2.47. The summed E-state index contributed by atoms with van der Waals surface area (Å²) in [4.78, 5) is 14.8. The van der Waals surface area contributed by atoms with Crippen LogP contribution in [0.1, 0.15) is 45.2 Å². The first-order valence-electron chi connectivity index (χ1n) is 10.6. The molecule has 0 aliphatic heterocycles. The van der Waals surface area contributed by atoms with Gasteiger partial charge in [-0.2, -0.15) is 0 Å². The molecule has 2 aromatic carbocycles. The molecule has 0 spiro atoms. The lowest BCUT2D eigenvalue weighted by atomic mass is 10.1. The Morgan fingerprint density at radius 3 is 2.38 bits per heavy atom. The van der Waals surface area contributed by atoms with Gasteiger partial charge in [0.05, 0.1) is 6.04 Å². The zero-order valence-corrected chi connectivity index (χ0v) is 21.6. The zero-order chi connectivity index (χ0) is 23.7. The topological polar surface area (TPSA) is 64.6 Å². The van der Waals surface area contributed by atoms with Crippen molar-refractivity contribution >= 4 is 33.4 Å². The normalized spacial score (nSPS) is 14.3. The fourth-order valence-electron chi connectivity index (χ4n) is 2.99. The summed E-state index contributed by atoms with van der Waals surface area (Å²) in [6.45, 7) is 12.2. The number of amides is 1. The van der Waals surface area contributed by atoms with Gasteiger partial charge in [0.25, 0.3) is 0 Å². The van der Waals surface area contributed by atoms with E-state index in [9.17, 15) is 9.35 Å². The van der Waals surface area contributed by atoms with Gasteiger partial charge in [0.15, 0.2) is 0 Å². The summed E-state index contributed by atoms with van der Waals surface area (Å²) in [6.07, 6.45) is 1.92. The van der Waals surface area contributed by atoms with Crippen molar-refractivity contribution in [2.24, 2.45) is 0 Å². The minimum absolute atomic E-state index is 0.172. The van der Waals surface area contributed by atoms with Crippen LogP contribution in [0.25, 0.3) is 0 Å². The average molecular weight is 522 g/mol. The first-order chi connectivity index (χ1) is 15.1.